The molecule has 32 heavy (non-hydrogen) atoms. The van der Waals surface area contributed by atoms with Gasteiger partial charge in [0.25, 0.3) is 0 Å². The average molecular weight is 523 g/mol. The second kappa shape index (κ2) is 10.7. The fourth-order valence-corrected chi connectivity index (χ4v) is 4.95. The molecule has 0 saturated carbocycles. The van der Waals surface area contributed by atoms with Crippen LogP contribution in [0.15, 0.2) is 46.0 Å². The molecule has 3 rings (SSSR count). The highest BCUT2D eigenvalue weighted by molar-refractivity contribution is 9.10. The highest BCUT2D eigenvalue weighted by atomic mass is 79.9. The molecule has 0 aliphatic rings. The highest BCUT2D eigenvalue weighted by Crippen LogP contribution is 2.43. The number of aryl methyl sites for hydroxylation is 1. The quantitative estimate of drug-likeness (QED) is 0.211. The van der Waals surface area contributed by atoms with Gasteiger partial charge in [0.15, 0.2) is 16.7 Å². The van der Waals surface area contributed by atoms with Gasteiger partial charge < -0.3 is 14.2 Å². The van der Waals surface area contributed by atoms with E-state index in [1.54, 1.807) is 12.1 Å². The summed E-state index contributed by atoms with van der Waals surface area (Å²) in [6, 6.07) is 11.1. The maximum absolute atomic E-state index is 11.5. The Hall–Kier alpha value is -2.79. The SMILES string of the molecule is CCOc1ccc(-n2c(C)nnc2S[C@@H](C[N+](=O)[O-])c2cc(Br)c(OC)c(OC)c2)cc1. The standard InChI is InChI=1S/C21H23BrN4O5S/c1-5-31-16-8-6-15(7-9-16)26-13(2)23-24-21(26)32-19(12-25(27)28)14-10-17(22)20(30-4)18(11-14)29-3/h6-11,19H,5,12H2,1-4H3/t19-/m0/s1. The molecule has 0 unspecified atom stereocenters. The molecule has 1 atom stereocenters. The van der Waals surface area contributed by atoms with Crippen molar-refractivity contribution in [2.45, 2.75) is 24.3 Å². The average Bonchev–Trinajstić information content (AvgIpc) is 3.13. The molecule has 2 aromatic carbocycles. The van der Waals surface area contributed by atoms with E-state index in [1.165, 1.54) is 26.0 Å². The number of thioether (sulfide) groups is 1. The van der Waals surface area contributed by atoms with Crippen molar-refractivity contribution in [2.75, 3.05) is 27.4 Å². The van der Waals surface area contributed by atoms with Crippen molar-refractivity contribution in [3.05, 3.63) is 62.4 Å². The largest absolute Gasteiger partial charge is 0.494 e. The Bertz CT molecular complexity index is 1090. The van der Waals surface area contributed by atoms with Gasteiger partial charge in [-0.05, 0) is 71.7 Å². The van der Waals surface area contributed by atoms with Crippen molar-refractivity contribution >= 4 is 27.7 Å². The Kier molecular flexibility index (Phi) is 7.97. The summed E-state index contributed by atoms with van der Waals surface area (Å²) >= 11 is 4.73. The van der Waals surface area contributed by atoms with Crippen molar-refractivity contribution in [3.63, 3.8) is 0 Å². The van der Waals surface area contributed by atoms with Crippen LogP contribution < -0.4 is 14.2 Å². The third-order valence-electron chi connectivity index (χ3n) is 4.59. The smallest absolute Gasteiger partial charge is 0.220 e. The lowest BCUT2D eigenvalue weighted by Crippen LogP contribution is -2.11. The number of rotatable bonds is 10. The molecule has 0 N–H and O–H groups in total. The summed E-state index contributed by atoms with van der Waals surface area (Å²) in [7, 11) is 3.06. The van der Waals surface area contributed by atoms with E-state index in [0.717, 1.165) is 11.4 Å². The number of nitrogens with zero attached hydrogens (tertiary/aromatic N) is 4. The van der Waals surface area contributed by atoms with Gasteiger partial charge >= 0.3 is 0 Å². The fourth-order valence-electron chi connectivity index (χ4n) is 3.17. The Morgan fingerprint density at radius 1 is 1.19 bits per heavy atom. The lowest BCUT2D eigenvalue weighted by atomic mass is 10.1. The van der Waals surface area contributed by atoms with Gasteiger partial charge in [-0.25, -0.2) is 0 Å². The first kappa shape index (κ1) is 23.9. The predicted molar refractivity (Wildman–Crippen MR) is 125 cm³/mol. The van der Waals surface area contributed by atoms with Crippen molar-refractivity contribution in [3.8, 4) is 22.9 Å². The van der Waals surface area contributed by atoms with Gasteiger partial charge in [0.2, 0.25) is 6.54 Å². The van der Waals surface area contributed by atoms with Crippen molar-refractivity contribution in [2.24, 2.45) is 0 Å². The molecule has 1 aromatic heterocycles. The molecular weight excluding hydrogens is 500 g/mol. The second-order valence-electron chi connectivity index (χ2n) is 6.65. The Labute approximate surface area is 198 Å². The number of aromatic nitrogens is 3. The van der Waals surface area contributed by atoms with Crippen LogP contribution in [0.1, 0.15) is 23.6 Å². The molecular formula is C21H23BrN4O5S. The van der Waals surface area contributed by atoms with Crippen LogP contribution in [0.3, 0.4) is 0 Å². The Balaban J connectivity index is 1.99. The third-order valence-corrected chi connectivity index (χ3v) is 6.36. The van der Waals surface area contributed by atoms with Crippen molar-refractivity contribution in [1.29, 1.82) is 0 Å². The van der Waals surface area contributed by atoms with Crippen molar-refractivity contribution in [1.82, 2.24) is 14.8 Å². The highest BCUT2D eigenvalue weighted by Gasteiger charge is 2.26. The number of halogens is 1. The number of methoxy groups -OCH3 is 2. The molecule has 0 aliphatic heterocycles. The molecule has 0 aliphatic carbocycles. The molecule has 11 heteroatoms. The number of nitro groups is 1. The minimum Gasteiger partial charge on any atom is -0.494 e. The summed E-state index contributed by atoms with van der Waals surface area (Å²) < 4.78 is 18.8. The molecule has 170 valence electrons. The maximum atomic E-state index is 11.5. The minimum absolute atomic E-state index is 0.304. The molecule has 0 amide bonds. The summed E-state index contributed by atoms with van der Waals surface area (Å²) in [6.45, 7) is 4.04. The van der Waals surface area contributed by atoms with Gasteiger partial charge in [-0.3, -0.25) is 14.7 Å². The third kappa shape index (κ3) is 5.33. The molecule has 0 saturated heterocycles. The zero-order valence-electron chi connectivity index (χ0n) is 18.1. The number of benzene rings is 2. The van der Waals surface area contributed by atoms with Crippen LogP contribution in [0.5, 0.6) is 17.2 Å². The maximum Gasteiger partial charge on any atom is 0.220 e. The van der Waals surface area contributed by atoms with Crippen LogP contribution in [0, 0.1) is 17.0 Å². The zero-order valence-corrected chi connectivity index (χ0v) is 20.5. The van der Waals surface area contributed by atoms with Gasteiger partial charge in [-0.1, -0.05) is 11.8 Å². The van der Waals surface area contributed by atoms with E-state index in [2.05, 4.69) is 26.1 Å². The molecule has 0 radical (unpaired) electrons. The molecule has 0 spiro atoms. The Morgan fingerprint density at radius 3 is 2.50 bits per heavy atom. The molecule has 3 aromatic rings. The van der Waals surface area contributed by atoms with Crippen molar-refractivity contribution < 1.29 is 19.1 Å². The topological polar surface area (TPSA) is 102 Å². The zero-order chi connectivity index (χ0) is 23.3. The fraction of sp³-hybridized carbons (Fsp3) is 0.333. The minimum atomic E-state index is -0.536. The monoisotopic (exact) mass is 522 g/mol. The summed E-state index contributed by atoms with van der Waals surface area (Å²) in [6.07, 6.45) is 0. The van der Waals surface area contributed by atoms with Gasteiger partial charge in [-0.15, -0.1) is 10.2 Å². The van der Waals surface area contributed by atoms with E-state index in [0.29, 0.717) is 39.1 Å². The van der Waals surface area contributed by atoms with Gasteiger partial charge in [-0.2, -0.15) is 0 Å². The van der Waals surface area contributed by atoms with Crippen LogP contribution >= 0.6 is 27.7 Å². The van der Waals surface area contributed by atoms with E-state index in [-0.39, 0.29) is 11.5 Å². The van der Waals surface area contributed by atoms with Crippen LogP contribution in [0.2, 0.25) is 0 Å². The van der Waals surface area contributed by atoms with Crippen LogP contribution in [-0.2, 0) is 0 Å². The second-order valence-corrected chi connectivity index (χ2v) is 8.68. The van der Waals surface area contributed by atoms with Crippen LogP contribution in [0.25, 0.3) is 5.69 Å². The van der Waals surface area contributed by atoms with E-state index in [9.17, 15) is 10.1 Å². The predicted octanol–water partition coefficient (Wildman–Crippen LogP) is 4.86. The number of hydrogen-bond acceptors (Lipinski definition) is 8. The normalized spacial score (nSPS) is 11.8. The lowest BCUT2D eigenvalue weighted by Gasteiger charge is -2.17. The first-order valence-corrected chi connectivity index (χ1v) is 11.4. The van der Waals surface area contributed by atoms with E-state index >= 15 is 0 Å². The molecule has 0 bridgehead atoms. The number of ether oxygens (including phenoxy) is 3. The first-order valence-electron chi connectivity index (χ1n) is 9.73. The van der Waals surface area contributed by atoms with Gasteiger partial charge in [0.1, 0.15) is 16.8 Å². The summed E-state index contributed by atoms with van der Waals surface area (Å²) in [5, 5.41) is 19.9. The summed E-state index contributed by atoms with van der Waals surface area (Å²) in [4.78, 5) is 11.1. The van der Waals surface area contributed by atoms with E-state index in [4.69, 9.17) is 14.2 Å². The van der Waals surface area contributed by atoms with Crippen LogP contribution in [0.4, 0.5) is 0 Å². The summed E-state index contributed by atoms with van der Waals surface area (Å²) in [5.41, 5.74) is 1.54. The number of hydrogen-bond donors (Lipinski definition) is 0. The molecule has 0 fully saturated rings. The Morgan fingerprint density at radius 2 is 1.91 bits per heavy atom. The van der Waals surface area contributed by atoms with Gasteiger partial charge in [0, 0.05) is 10.6 Å². The van der Waals surface area contributed by atoms with E-state index in [1.807, 2.05) is 42.7 Å². The molecule has 9 nitrogen and oxygen atoms in total. The van der Waals surface area contributed by atoms with Gasteiger partial charge in [0.05, 0.1) is 25.3 Å². The van der Waals surface area contributed by atoms with E-state index < -0.39 is 5.25 Å². The molecule has 1 heterocycles. The van der Waals surface area contributed by atoms with Crippen LogP contribution in [-0.4, -0.2) is 47.1 Å². The lowest BCUT2D eigenvalue weighted by molar-refractivity contribution is -0.479. The summed E-state index contributed by atoms with van der Waals surface area (Å²) in [5.74, 6) is 2.44. The first-order chi connectivity index (χ1) is 15.4.